The molecule has 0 saturated carbocycles. The van der Waals surface area contributed by atoms with Gasteiger partial charge < -0.3 is 14.2 Å². The maximum absolute atomic E-state index is 13.0. The number of ether oxygens (including phenoxy) is 1. The van der Waals surface area contributed by atoms with Gasteiger partial charge in [-0.25, -0.2) is 8.42 Å². The molecule has 2 saturated heterocycles. The normalized spacial score (nSPS) is 23.4. The highest BCUT2D eigenvalue weighted by Crippen LogP contribution is 2.30. The molecule has 0 aliphatic carbocycles. The van der Waals surface area contributed by atoms with Gasteiger partial charge in [0, 0.05) is 19.6 Å². The summed E-state index contributed by atoms with van der Waals surface area (Å²) in [6, 6.07) is -0.646. The molecule has 0 bridgehead atoms. The molecule has 2 aliphatic rings. The number of hydrogen-bond acceptors (Lipinski definition) is 6. The largest absolute Gasteiger partial charge is 0.378 e. The minimum absolute atomic E-state index is 0.0826. The van der Waals surface area contributed by atoms with Crippen LogP contribution >= 0.6 is 0 Å². The van der Waals surface area contributed by atoms with Crippen LogP contribution in [0.5, 0.6) is 0 Å². The molecule has 128 valence electrons. The molecule has 1 aromatic heterocycles. The van der Waals surface area contributed by atoms with E-state index in [1.54, 1.807) is 18.7 Å². The second kappa shape index (κ2) is 6.21. The summed E-state index contributed by atoms with van der Waals surface area (Å²) < 4.78 is 37.5. The fraction of sp³-hybridized carbons (Fsp3) is 0.714. The van der Waals surface area contributed by atoms with Crippen LogP contribution in [0.2, 0.25) is 0 Å². The van der Waals surface area contributed by atoms with E-state index in [4.69, 9.17) is 9.26 Å². The fourth-order valence-electron chi connectivity index (χ4n) is 3.23. The van der Waals surface area contributed by atoms with Crippen molar-refractivity contribution in [1.82, 2.24) is 14.4 Å². The van der Waals surface area contributed by atoms with E-state index < -0.39 is 16.1 Å². The summed E-state index contributed by atoms with van der Waals surface area (Å²) in [6.07, 6.45) is 1.21. The van der Waals surface area contributed by atoms with Gasteiger partial charge in [-0.2, -0.15) is 4.31 Å². The van der Waals surface area contributed by atoms with Crippen molar-refractivity contribution in [2.45, 2.75) is 37.6 Å². The predicted octanol–water partition coefficient (Wildman–Crippen LogP) is 0.303. The number of sulfonamides is 1. The van der Waals surface area contributed by atoms with E-state index in [2.05, 4.69) is 5.16 Å². The van der Waals surface area contributed by atoms with Gasteiger partial charge in [-0.1, -0.05) is 5.16 Å². The number of carbonyl (C=O) groups is 1. The van der Waals surface area contributed by atoms with Crippen molar-refractivity contribution in [2.24, 2.45) is 0 Å². The minimum atomic E-state index is -3.79. The highest BCUT2D eigenvalue weighted by atomic mass is 32.2. The molecule has 1 atom stereocenters. The molecule has 0 N–H and O–H groups in total. The lowest BCUT2D eigenvalue weighted by atomic mass is 10.2. The van der Waals surface area contributed by atoms with Crippen molar-refractivity contribution >= 4 is 15.9 Å². The zero-order chi connectivity index (χ0) is 16.6. The van der Waals surface area contributed by atoms with Gasteiger partial charge in [0.05, 0.1) is 13.2 Å². The lowest BCUT2D eigenvalue weighted by Gasteiger charge is -2.32. The predicted molar refractivity (Wildman–Crippen MR) is 80.3 cm³/mol. The molecule has 0 radical (unpaired) electrons. The van der Waals surface area contributed by atoms with Gasteiger partial charge in [0.2, 0.25) is 15.9 Å². The van der Waals surface area contributed by atoms with Crippen molar-refractivity contribution in [3.8, 4) is 0 Å². The number of rotatable bonds is 3. The van der Waals surface area contributed by atoms with Crippen LogP contribution in [0.3, 0.4) is 0 Å². The lowest BCUT2D eigenvalue weighted by Crippen LogP contribution is -2.51. The van der Waals surface area contributed by atoms with Gasteiger partial charge in [0.25, 0.3) is 0 Å². The fourth-order valence-corrected chi connectivity index (χ4v) is 5.17. The molecule has 8 nitrogen and oxygen atoms in total. The molecule has 2 fully saturated rings. The number of nitrogens with zero attached hydrogens (tertiary/aromatic N) is 3. The summed E-state index contributed by atoms with van der Waals surface area (Å²) in [5, 5.41) is 3.72. The third-order valence-electron chi connectivity index (χ3n) is 4.35. The first-order valence-electron chi connectivity index (χ1n) is 7.74. The Bertz CT molecular complexity index is 674. The van der Waals surface area contributed by atoms with E-state index in [-0.39, 0.29) is 16.6 Å². The van der Waals surface area contributed by atoms with Crippen LogP contribution in [0.1, 0.15) is 24.3 Å². The Morgan fingerprint density at radius 2 is 1.91 bits per heavy atom. The first kappa shape index (κ1) is 16.4. The summed E-state index contributed by atoms with van der Waals surface area (Å²) >= 11 is 0. The van der Waals surface area contributed by atoms with E-state index in [0.29, 0.717) is 51.4 Å². The number of hydrogen-bond donors (Lipinski definition) is 0. The van der Waals surface area contributed by atoms with Crippen LogP contribution in [0.25, 0.3) is 0 Å². The summed E-state index contributed by atoms with van der Waals surface area (Å²) in [6.45, 7) is 5.51. The Hall–Kier alpha value is -1.45. The van der Waals surface area contributed by atoms with Crippen LogP contribution in [0.4, 0.5) is 0 Å². The topological polar surface area (TPSA) is 93.0 Å². The third kappa shape index (κ3) is 2.88. The first-order valence-corrected chi connectivity index (χ1v) is 9.18. The average molecular weight is 343 g/mol. The SMILES string of the molecule is Cc1noc(C)c1S(=O)(=O)N1CCCC1C(=O)N1CCOCC1. The monoisotopic (exact) mass is 343 g/mol. The van der Waals surface area contributed by atoms with Crippen LogP contribution in [0.15, 0.2) is 9.42 Å². The standard InChI is InChI=1S/C14H21N3O5S/c1-10-13(11(2)22-15-10)23(19,20)17-5-3-4-12(17)14(18)16-6-8-21-9-7-16/h12H,3-9H2,1-2H3. The zero-order valence-electron chi connectivity index (χ0n) is 13.3. The van der Waals surface area contributed by atoms with E-state index in [0.717, 1.165) is 0 Å². The number of carbonyl (C=O) groups excluding carboxylic acids is 1. The van der Waals surface area contributed by atoms with Gasteiger partial charge in [0.1, 0.15) is 16.6 Å². The summed E-state index contributed by atoms with van der Waals surface area (Å²) in [5.74, 6) is 0.119. The molecule has 2 aliphatic heterocycles. The molecular weight excluding hydrogens is 322 g/mol. The molecule has 23 heavy (non-hydrogen) atoms. The smallest absolute Gasteiger partial charge is 0.249 e. The molecule has 3 rings (SSSR count). The Morgan fingerprint density at radius 3 is 2.52 bits per heavy atom. The van der Waals surface area contributed by atoms with Gasteiger partial charge in [-0.15, -0.1) is 0 Å². The number of morpholine rings is 1. The molecule has 1 aromatic rings. The molecule has 1 amide bonds. The van der Waals surface area contributed by atoms with E-state index in [9.17, 15) is 13.2 Å². The van der Waals surface area contributed by atoms with Crippen molar-refractivity contribution in [1.29, 1.82) is 0 Å². The Labute approximate surface area is 135 Å². The molecule has 3 heterocycles. The van der Waals surface area contributed by atoms with E-state index in [1.165, 1.54) is 4.31 Å². The maximum Gasteiger partial charge on any atom is 0.249 e. The summed E-state index contributed by atoms with van der Waals surface area (Å²) in [5.41, 5.74) is 0.326. The zero-order valence-corrected chi connectivity index (χ0v) is 14.1. The molecule has 0 spiro atoms. The van der Waals surface area contributed by atoms with Crippen LogP contribution in [0, 0.1) is 13.8 Å². The molecule has 9 heteroatoms. The first-order chi connectivity index (χ1) is 10.9. The Balaban J connectivity index is 1.87. The average Bonchev–Trinajstić information content (AvgIpc) is 3.15. The number of amides is 1. The van der Waals surface area contributed by atoms with Crippen molar-refractivity contribution < 1.29 is 22.5 Å². The molecule has 1 unspecified atom stereocenters. The van der Waals surface area contributed by atoms with Crippen molar-refractivity contribution in [3.63, 3.8) is 0 Å². The quantitative estimate of drug-likeness (QED) is 0.784. The van der Waals surface area contributed by atoms with Crippen LogP contribution in [-0.4, -0.2) is 67.6 Å². The van der Waals surface area contributed by atoms with Crippen molar-refractivity contribution in [3.05, 3.63) is 11.5 Å². The maximum atomic E-state index is 13.0. The molecular formula is C14H21N3O5S. The Kier molecular flexibility index (Phi) is 4.43. The van der Waals surface area contributed by atoms with Crippen molar-refractivity contribution in [2.75, 3.05) is 32.8 Å². The minimum Gasteiger partial charge on any atom is -0.378 e. The van der Waals surface area contributed by atoms with E-state index in [1.807, 2.05) is 0 Å². The Morgan fingerprint density at radius 1 is 1.22 bits per heavy atom. The van der Waals surface area contributed by atoms with Crippen LogP contribution in [-0.2, 0) is 19.6 Å². The second-order valence-electron chi connectivity index (χ2n) is 5.86. The highest BCUT2D eigenvalue weighted by Gasteiger charge is 2.43. The van der Waals surface area contributed by atoms with Gasteiger partial charge in [0.15, 0.2) is 5.76 Å². The lowest BCUT2D eigenvalue weighted by molar-refractivity contribution is -0.138. The van der Waals surface area contributed by atoms with Gasteiger partial charge in [-0.05, 0) is 26.7 Å². The summed E-state index contributed by atoms with van der Waals surface area (Å²) in [4.78, 5) is 14.5. The van der Waals surface area contributed by atoms with E-state index >= 15 is 0 Å². The molecule has 0 aromatic carbocycles. The van der Waals surface area contributed by atoms with Gasteiger partial charge in [-0.3, -0.25) is 4.79 Å². The summed E-state index contributed by atoms with van der Waals surface area (Å²) in [7, 11) is -3.79. The number of aromatic nitrogens is 1. The van der Waals surface area contributed by atoms with Gasteiger partial charge >= 0.3 is 0 Å². The van der Waals surface area contributed by atoms with Crippen LogP contribution < -0.4 is 0 Å². The number of aryl methyl sites for hydroxylation is 2. The third-order valence-corrected chi connectivity index (χ3v) is 6.50. The highest BCUT2D eigenvalue weighted by molar-refractivity contribution is 7.89. The second-order valence-corrected chi connectivity index (χ2v) is 7.69.